The highest BCUT2D eigenvalue weighted by Crippen LogP contribution is 2.31. The second-order valence-electron chi connectivity index (χ2n) is 4.52. The number of carbonyl (C=O) groups excluding carboxylic acids is 3. The van der Waals surface area contributed by atoms with Crippen LogP contribution in [0.5, 0.6) is 0 Å². The molecule has 0 radical (unpaired) electrons. The third kappa shape index (κ3) is 3.67. The zero-order chi connectivity index (χ0) is 15.4. The van der Waals surface area contributed by atoms with E-state index in [1.807, 2.05) is 0 Å². The number of methoxy groups -OCH3 is 1. The van der Waals surface area contributed by atoms with Gasteiger partial charge < -0.3 is 24.7 Å². The molecule has 1 aliphatic heterocycles. The van der Waals surface area contributed by atoms with Gasteiger partial charge in [0.1, 0.15) is 5.92 Å². The summed E-state index contributed by atoms with van der Waals surface area (Å²) in [6.45, 7) is 4.01. The van der Waals surface area contributed by atoms with Gasteiger partial charge >= 0.3 is 11.9 Å². The molecule has 5 atom stereocenters. The number of amides is 1. The van der Waals surface area contributed by atoms with Gasteiger partial charge in [0, 0.05) is 21.0 Å². The molecule has 0 aromatic rings. The van der Waals surface area contributed by atoms with E-state index >= 15 is 0 Å². The van der Waals surface area contributed by atoms with Gasteiger partial charge in [-0.25, -0.2) is 0 Å². The van der Waals surface area contributed by atoms with Gasteiger partial charge in [-0.2, -0.15) is 0 Å². The smallest absolute Gasteiger partial charge is 0.303 e. The molecule has 114 valence electrons. The molecule has 8 heteroatoms. The Bertz CT molecular complexity index is 397. The summed E-state index contributed by atoms with van der Waals surface area (Å²) in [4.78, 5) is 34.0. The Hall–Kier alpha value is -1.67. The molecule has 0 bridgehead atoms. The van der Waals surface area contributed by atoms with Crippen molar-refractivity contribution in [2.75, 3.05) is 7.11 Å². The molecular weight excluding hydrogens is 270 g/mol. The van der Waals surface area contributed by atoms with E-state index in [9.17, 15) is 14.4 Å². The summed E-state index contributed by atoms with van der Waals surface area (Å²) in [6, 6.07) is 0. The second-order valence-corrected chi connectivity index (χ2v) is 4.52. The van der Waals surface area contributed by atoms with E-state index in [0.29, 0.717) is 0 Å². The number of hydrogen-bond donors (Lipinski definition) is 1. The average molecular weight is 289 g/mol. The Balaban J connectivity index is 3.10. The van der Waals surface area contributed by atoms with Crippen molar-refractivity contribution in [3.8, 4) is 0 Å². The van der Waals surface area contributed by atoms with Gasteiger partial charge in [0.25, 0.3) is 0 Å². The number of carbonyl (C=O) groups is 3. The maximum absolute atomic E-state index is 11.6. The number of ether oxygens (including phenoxy) is 4. The molecule has 0 aromatic heterocycles. The van der Waals surface area contributed by atoms with E-state index in [1.54, 1.807) is 6.92 Å². The van der Waals surface area contributed by atoms with Gasteiger partial charge in [-0.15, -0.1) is 0 Å². The Labute approximate surface area is 116 Å². The summed E-state index contributed by atoms with van der Waals surface area (Å²) >= 11 is 0. The Morgan fingerprint density at radius 1 is 1.05 bits per heavy atom. The number of hydrogen-bond acceptors (Lipinski definition) is 7. The maximum Gasteiger partial charge on any atom is 0.303 e. The van der Waals surface area contributed by atoms with E-state index in [1.165, 1.54) is 21.0 Å². The molecular formula is C12H19NO7. The van der Waals surface area contributed by atoms with Gasteiger partial charge in [0.05, 0.1) is 6.10 Å². The van der Waals surface area contributed by atoms with E-state index in [0.717, 1.165) is 0 Å². The summed E-state index contributed by atoms with van der Waals surface area (Å²) in [7, 11) is 1.34. The topological polar surface area (TPSA) is 114 Å². The first kappa shape index (κ1) is 16.4. The highest BCUT2D eigenvalue weighted by Gasteiger charge is 2.51. The fourth-order valence-corrected chi connectivity index (χ4v) is 2.18. The Morgan fingerprint density at radius 2 is 1.55 bits per heavy atom. The third-order valence-corrected chi connectivity index (χ3v) is 2.95. The standard InChI is InChI=1S/C12H19NO7/c1-5-9(19-6(2)14)10(20-7(3)15)8(11(13)16)12(17-4)18-5/h5,8-10,12H,1-4H3,(H2,13,16)/t5-,8-,9-,10-,12+/m0/s1. The maximum atomic E-state index is 11.6. The van der Waals surface area contributed by atoms with Crippen LogP contribution in [0.3, 0.4) is 0 Å². The number of rotatable bonds is 4. The van der Waals surface area contributed by atoms with Crippen molar-refractivity contribution in [2.45, 2.75) is 45.4 Å². The molecule has 20 heavy (non-hydrogen) atoms. The van der Waals surface area contributed by atoms with Crippen LogP contribution < -0.4 is 5.73 Å². The summed E-state index contributed by atoms with van der Waals surface area (Å²) in [5, 5.41) is 0. The van der Waals surface area contributed by atoms with Crippen LogP contribution in [0.15, 0.2) is 0 Å². The lowest BCUT2D eigenvalue weighted by Gasteiger charge is -2.42. The van der Waals surface area contributed by atoms with Gasteiger partial charge in [-0.3, -0.25) is 14.4 Å². The number of nitrogens with two attached hydrogens (primary N) is 1. The first-order valence-corrected chi connectivity index (χ1v) is 6.10. The van der Waals surface area contributed by atoms with Crippen molar-refractivity contribution in [1.82, 2.24) is 0 Å². The lowest BCUT2D eigenvalue weighted by atomic mass is 9.90. The first-order chi connectivity index (χ1) is 9.27. The molecule has 0 saturated carbocycles. The fraction of sp³-hybridized carbons (Fsp3) is 0.750. The van der Waals surface area contributed by atoms with Crippen molar-refractivity contribution in [1.29, 1.82) is 0 Å². The molecule has 1 rings (SSSR count). The van der Waals surface area contributed by atoms with Crippen LogP contribution in [0, 0.1) is 5.92 Å². The predicted octanol–water partition coefficient (Wildman–Crippen LogP) is -0.657. The van der Waals surface area contributed by atoms with E-state index in [-0.39, 0.29) is 0 Å². The zero-order valence-corrected chi connectivity index (χ0v) is 11.8. The van der Waals surface area contributed by atoms with Crippen LogP contribution in [-0.4, -0.2) is 49.6 Å². The summed E-state index contributed by atoms with van der Waals surface area (Å²) in [5.74, 6) is -3.04. The van der Waals surface area contributed by atoms with Crippen molar-refractivity contribution < 1.29 is 33.3 Å². The summed E-state index contributed by atoms with van der Waals surface area (Å²) in [6.07, 6.45) is -3.58. The van der Waals surface area contributed by atoms with E-state index in [2.05, 4.69) is 0 Å². The average Bonchev–Trinajstić information content (AvgIpc) is 2.31. The second kappa shape index (κ2) is 6.67. The minimum Gasteiger partial charge on any atom is -0.457 e. The molecule has 0 spiro atoms. The molecule has 1 heterocycles. The monoisotopic (exact) mass is 289 g/mol. The Morgan fingerprint density at radius 3 is 1.95 bits per heavy atom. The quantitative estimate of drug-likeness (QED) is 0.683. The highest BCUT2D eigenvalue weighted by atomic mass is 16.7. The molecule has 1 saturated heterocycles. The zero-order valence-electron chi connectivity index (χ0n) is 11.8. The van der Waals surface area contributed by atoms with E-state index < -0.39 is 48.4 Å². The van der Waals surface area contributed by atoms with Crippen LogP contribution in [0.25, 0.3) is 0 Å². The molecule has 0 aliphatic carbocycles. The largest absolute Gasteiger partial charge is 0.457 e. The molecule has 1 aliphatic rings. The van der Waals surface area contributed by atoms with Crippen LogP contribution >= 0.6 is 0 Å². The van der Waals surface area contributed by atoms with Crippen LogP contribution in [0.1, 0.15) is 20.8 Å². The molecule has 0 unspecified atom stereocenters. The van der Waals surface area contributed by atoms with Gasteiger partial charge in [0.2, 0.25) is 5.91 Å². The van der Waals surface area contributed by atoms with E-state index in [4.69, 9.17) is 24.7 Å². The van der Waals surface area contributed by atoms with Crippen LogP contribution in [-0.2, 0) is 33.3 Å². The fourth-order valence-electron chi connectivity index (χ4n) is 2.18. The third-order valence-electron chi connectivity index (χ3n) is 2.95. The number of primary amides is 1. The minimum absolute atomic E-state index is 0.582. The summed E-state index contributed by atoms with van der Waals surface area (Å²) in [5.41, 5.74) is 5.31. The number of esters is 2. The van der Waals surface area contributed by atoms with Crippen molar-refractivity contribution >= 4 is 17.8 Å². The van der Waals surface area contributed by atoms with Gasteiger partial charge in [0.15, 0.2) is 18.5 Å². The molecule has 2 N–H and O–H groups in total. The lowest BCUT2D eigenvalue weighted by Crippen LogP contribution is -2.60. The van der Waals surface area contributed by atoms with Crippen molar-refractivity contribution in [3.63, 3.8) is 0 Å². The first-order valence-electron chi connectivity index (χ1n) is 6.10. The predicted molar refractivity (Wildman–Crippen MR) is 65.1 cm³/mol. The van der Waals surface area contributed by atoms with Gasteiger partial charge in [-0.05, 0) is 6.92 Å². The van der Waals surface area contributed by atoms with Crippen molar-refractivity contribution in [2.24, 2.45) is 11.7 Å². The van der Waals surface area contributed by atoms with Crippen LogP contribution in [0.4, 0.5) is 0 Å². The molecule has 0 aromatic carbocycles. The molecule has 1 fully saturated rings. The molecule has 8 nitrogen and oxygen atoms in total. The summed E-state index contributed by atoms with van der Waals surface area (Å²) < 4.78 is 20.7. The molecule has 1 amide bonds. The lowest BCUT2D eigenvalue weighted by molar-refractivity contribution is -0.270. The normalized spacial score (nSPS) is 33.3. The SMILES string of the molecule is CO[C@@H]1O[C@@H](C)[C@H](OC(C)=O)[C@@H](OC(C)=O)[C@H]1C(N)=O. The minimum atomic E-state index is -1.07. The Kier molecular flexibility index (Phi) is 5.46. The van der Waals surface area contributed by atoms with Crippen LogP contribution in [0.2, 0.25) is 0 Å². The van der Waals surface area contributed by atoms with Crippen molar-refractivity contribution in [3.05, 3.63) is 0 Å². The van der Waals surface area contributed by atoms with Gasteiger partial charge in [-0.1, -0.05) is 0 Å². The highest BCUT2D eigenvalue weighted by molar-refractivity contribution is 5.79.